The summed E-state index contributed by atoms with van der Waals surface area (Å²) in [5.74, 6) is -0.193. The van der Waals surface area contributed by atoms with Crippen molar-refractivity contribution in [1.29, 1.82) is 0 Å². The topological polar surface area (TPSA) is 29.5 Å². The van der Waals surface area contributed by atoms with Crippen molar-refractivity contribution in [2.75, 3.05) is 20.7 Å². The van der Waals surface area contributed by atoms with E-state index in [1.54, 1.807) is 0 Å². The lowest BCUT2D eigenvalue weighted by molar-refractivity contribution is -0.148. The van der Waals surface area contributed by atoms with Gasteiger partial charge in [0.05, 0.1) is 6.61 Å². The molecule has 0 aliphatic rings. The molecule has 0 bridgehead atoms. The molecule has 16 heavy (non-hydrogen) atoms. The van der Waals surface area contributed by atoms with Gasteiger partial charge in [0, 0.05) is 0 Å². The summed E-state index contributed by atoms with van der Waals surface area (Å²) in [5, 5.41) is 0. The van der Waals surface area contributed by atoms with E-state index in [0.717, 1.165) is 11.1 Å². The highest BCUT2D eigenvalue weighted by molar-refractivity contribution is 5.78. The van der Waals surface area contributed by atoms with Crippen molar-refractivity contribution in [2.24, 2.45) is 0 Å². The molecule has 1 atom stereocenters. The van der Waals surface area contributed by atoms with Gasteiger partial charge in [0.2, 0.25) is 0 Å². The quantitative estimate of drug-likeness (QED) is 0.730. The van der Waals surface area contributed by atoms with Crippen molar-refractivity contribution in [3.8, 4) is 0 Å². The first-order valence-corrected chi connectivity index (χ1v) is 5.46. The minimum Gasteiger partial charge on any atom is -0.465 e. The number of ether oxygens (including phenoxy) is 1. The van der Waals surface area contributed by atoms with Gasteiger partial charge in [-0.2, -0.15) is 0 Å². The predicted octanol–water partition coefficient (Wildman–Crippen LogP) is 2.16. The first-order chi connectivity index (χ1) is 7.57. The number of hydrogen-bond acceptors (Lipinski definition) is 3. The van der Waals surface area contributed by atoms with E-state index in [-0.39, 0.29) is 12.0 Å². The van der Waals surface area contributed by atoms with Gasteiger partial charge in [0.25, 0.3) is 0 Å². The molecule has 3 nitrogen and oxygen atoms in total. The Morgan fingerprint density at radius 3 is 2.50 bits per heavy atom. The van der Waals surface area contributed by atoms with Crippen molar-refractivity contribution < 1.29 is 9.53 Å². The summed E-state index contributed by atoms with van der Waals surface area (Å²) in [6, 6.07) is 7.57. The summed E-state index contributed by atoms with van der Waals surface area (Å²) in [6.07, 6.45) is 0. The Labute approximate surface area is 97.0 Å². The molecule has 0 radical (unpaired) electrons. The molecule has 0 heterocycles. The van der Waals surface area contributed by atoms with Crippen LogP contribution in [0.25, 0.3) is 0 Å². The number of rotatable bonds is 4. The summed E-state index contributed by atoms with van der Waals surface area (Å²) in [4.78, 5) is 13.7. The maximum absolute atomic E-state index is 11.9. The highest BCUT2D eigenvalue weighted by Crippen LogP contribution is 2.22. The maximum atomic E-state index is 11.9. The number of aryl methyl sites for hydroxylation is 1. The average molecular weight is 221 g/mol. The van der Waals surface area contributed by atoms with E-state index in [4.69, 9.17) is 4.74 Å². The number of esters is 1. The van der Waals surface area contributed by atoms with Crippen molar-refractivity contribution >= 4 is 5.97 Å². The molecule has 3 heteroatoms. The van der Waals surface area contributed by atoms with Gasteiger partial charge in [-0.3, -0.25) is 4.90 Å². The zero-order valence-electron chi connectivity index (χ0n) is 10.4. The van der Waals surface area contributed by atoms with Crippen LogP contribution in [-0.4, -0.2) is 31.6 Å². The Morgan fingerprint density at radius 2 is 2.00 bits per heavy atom. The van der Waals surface area contributed by atoms with E-state index in [0.29, 0.717) is 6.61 Å². The van der Waals surface area contributed by atoms with Crippen LogP contribution < -0.4 is 0 Å². The molecular formula is C13H19NO2. The number of hydrogen-bond donors (Lipinski definition) is 0. The summed E-state index contributed by atoms with van der Waals surface area (Å²) in [5.41, 5.74) is 2.11. The fourth-order valence-corrected chi connectivity index (χ4v) is 1.73. The smallest absolute Gasteiger partial charge is 0.327 e. The van der Waals surface area contributed by atoms with Crippen LogP contribution in [0.15, 0.2) is 24.3 Å². The average Bonchev–Trinajstić information content (AvgIpc) is 2.21. The Hall–Kier alpha value is -1.35. The fourth-order valence-electron chi connectivity index (χ4n) is 1.73. The second kappa shape index (κ2) is 5.66. The molecule has 0 saturated carbocycles. The molecule has 0 N–H and O–H groups in total. The van der Waals surface area contributed by atoms with Crippen LogP contribution in [-0.2, 0) is 9.53 Å². The third kappa shape index (κ3) is 2.83. The first kappa shape index (κ1) is 12.7. The highest BCUT2D eigenvalue weighted by Gasteiger charge is 2.25. The molecule has 1 rings (SSSR count). The van der Waals surface area contributed by atoms with Gasteiger partial charge in [0.15, 0.2) is 0 Å². The van der Waals surface area contributed by atoms with Crippen LogP contribution >= 0.6 is 0 Å². The first-order valence-electron chi connectivity index (χ1n) is 5.46. The minimum absolute atomic E-state index is 0.193. The van der Waals surface area contributed by atoms with Crippen LogP contribution in [0.4, 0.5) is 0 Å². The SMILES string of the molecule is CCOC(=O)C(c1ccccc1C)N(C)C. The molecule has 0 aromatic heterocycles. The summed E-state index contributed by atoms with van der Waals surface area (Å²) >= 11 is 0. The van der Waals surface area contributed by atoms with Gasteiger partial charge in [-0.1, -0.05) is 24.3 Å². The molecule has 0 saturated heterocycles. The third-order valence-corrected chi connectivity index (χ3v) is 2.51. The van der Waals surface area contributed by atoms with Gasteiger partial charge in [0.1, 0.15) is 6.04 Å². The Kier molecular flexibility index (Phi) is 4.50. The van der Waals surface area contributed by atoms with Crippen LogP contribution in [0.2, 0.25) is 0 Å². The molecule has 1 aromatic carbocycles. The number of carbonyl (C=O) groups is 1. The fraction of sp³-hybridized carbons (Fsp3) is 0.462. The Bertz CT molecular complexity index is 361. The summed E-state index contributed by atoms with van der Waals surface area (Å²) in [7, 11) is 3.77. The molecule has 0 aliphatic heterocycles. The lowest BCUT2D eigenvalue weighted by Crippen LogP contribution is -2.29. The number of benzene rings is 1. The van der Waals surface area contributed by atoms with E-state index in [9.17, 15) is 4.79 Å². The number of likely N-dealkylation sites (N-methyl/N-ethyl adjacent to an activating group) is 1. The van der Waals surface area contributed by atoms with E-state index >= 15 is 0 Å². The molecule has 0 amide bonds. The maximum Gasteiger partial charge on any atom is 0.327 e. The second-order valence-electron chi connectivity index (χ2n) is 3.97. The molecule has 88 valence electrons. The predicted molar refractivity (Wildman–Crippen MR) is 64.2 cm³/mol. The number of nitrogens with zero attached hydrogens (tertiary/aromatic N) is 1. The van der Waals surface area contributed by atoms with Gasteiger partial charge in [-0.15, -0.1) is 0 Å². The minimum atomic E-state index is -0.318. The Morgan fingerprint density at radius 1 is 1.38 bits per heavy atom. The van der Waals surface area contributed by atoms with Gasteiger partial charge >= 0.3 is 5.97 Å². The zero-order chi connectivity index (χ0) is 12.1. The third-order valence-electron chi connectivity index (χ3n) is 2.51. The number of carbonyl (C=O) groups excluding carboxylic acids is 1. The lowest BCUT2D eigenvalue weighted by Gasteiger charge is -2.24. The van der Waals surface area contributed by atoms with E-state index in [2.05, 4.69) is 0 Å². The van der Waals surface area contributed by atoms with Crippen molar-refractivity contribution in [1.82, 2.24) is 4.90 Å². The van der Waals surface area contributed by atoms with Crippen LogP contribution in [0.3, 0.4) is 0 Å². The molecule has 0 fully saturated rings. The molecular weight excluding hydrogens is 202 g/mol. The van der Waals surface area contributed by atoms with Crippen molar-refractivity contribution in [3.05, 3.63) is 35.4 Å². The molecule has 1 aromatic rings. The van der Waals surface area contributed by atoms with E-state index in [1.807, 2.05) is 57.1 Å². The van der Waals surface area contributed by atoms with Crippen molar-refractivity contribution in [3.63, 3.8) is 0 Å². The Balaban J connectivity index is 3.03. The molecule has 0 aliphatic carbocycles. The monoisotopic (exact) mass is 221 g/mol. The standard InChI is InChI=1S/C13H19NO2/c1-5-16-13(15)12(14(3)4)11-9-7-6-8-10(11)2/h6-9,12H,5H2,1-4H3. The van der Waals surface area contributed by atoms with Crippen LogP contribution in [0, 0.1) is 6.92 Å². The molecule has 0 spiro atoms. The van der Waals surface area contributed by atoms with E-state index < -0.39 is 0 Å². The summed E-state index contributed by atoms with van der Waals surface area (Å²) < 4.78 is 5.09. The highest BCUT2D eigenvalue weighted by atomic mass is 16.5. The zero-order valence-corrected chi connectivity index (χ0v) is 10.4. The van der Waals surface area contributed by atoms with Crippen LogP contribution in [0.5, 0.6) is 0 Å². The van der Waals surface area contributed by atoms with Gasteiger partial charge < -0.3 is 4.74 Å². The second-order valence-corrected chi connectivity index (χ2v) is 3.97. The van der Waals surface area contributed by atoms with Crippen LogP contribution in [0.1, 0.15) is 24.1 Å². The lowest BCUT2D eigenvalue weighted by atomic mass is 10.0. The van der Waals surface area contributed by atoms with E-state index in [1.165, 1.54) is 0 Å². The largest absolute Gasteiger partial charge is 0.465 e. The van der Waals surface area contributed by atoms with Gasteiger partial charge in [-0.25, -0.2) is 4.79 Å². The molecule has 1 unspecified atom stereocenters. The summed E-state index contributed by atoms with van der Waals surface area (Å²) in [6.45, 7) is 4.24. The normalized spacial score (nSPS) is 12.6. The van der Waals surface area contributed by atoms with Crippen molar-refractivity contribution in [2.45, 2.75) is 19.9 Å². The van der Waals surface area contributed by atoms with Gasteiger partial charge in [-0.05, 0) is 39.1 Å².